The fraction of sp³-hybridized carbons (Fsp3) is 0.294. The predicted octanol–water partition coefficient (Wildman–Crippen LogP) is 4.48. The molecule has 4 heteroatoms. The number of hydrogen-bond donors (Lipinski definition) is 1. The van der Waals surface area contributed by atoms with Crippen LogP contribution in [-0.4, -0.2) is 6.54 Å². The molecule has 2 aromatic rings. The van der Waals surface area contributed by atoms with Crippen LogP contribution >= 0.6 is 11.6 Å². The fourth-order valence-electron chi connectivity index (χ4n) is 2.04. The molecule has 0 aliphatic heterocycles. The molecular weight excluding hydrogens is 289 g/mol. The number of aryl methyl sites for hydroxylation is 1. The minimum absolute atomic E-state index is 0.186. The Hall–Kier alpha value is -1.58. The van der Waals surface area contributed by atoms with E-state index < -0.39 is 0 Å². The second-order valence-corrected chi connectivity index (χ2v) is 5.35. The molecule has 2 rings (SSSR count). The van der Waals surface area contributed by atoms with Crippen LogP contribution in [0, 0.1) is 12.7 Å². The highest BCUT2D eigenvalue weighted by atomic mass is 35.5. The van der Waals surface area contributed by atoms with Crippen LogP contribution < -0.4 is 10.1 Å². The summed E-state index contributed by atoms with van der Waals surface area (Å²) in [5.74, 6) is 0.429. The molecule has 0 unspecified atom stereocenters. The third kappa shape index (κ3) is 4.45. The highest BCUT2D eigenvalue weighted by molar-refractivity contribution is 6.30. The van der Waals surface area contributed by atoms with Crippen molar-refractivity contribution in [2.24, 2.45) is 0 Å². The van der Waals surface area contributed by atoms with Crippen LogP contribution in [0.15, 0.2) is 36.4 Å². The summed E-state index contributed by atoms with van der Waals surface area (Å²) in [4.78, 5) is 0. The summed E-state index contributed by atoms with van der Waals surface area (Å²) < 4.78 is 19.5. The van der Waals surface area contributed by atoms with Gasteiger partial charge in [-0.25, -0.2) is 4.39 Å². The molecule has 0 heterocycles. The normalized spacial score (nSPS) is 10.7. The minimum atomic E-state index is -0.345. The van der Waals surface area contributed by atoms with Gasteiger partial charge in [0.2, 0.25) is 0 Å². The molecule has 0 aromatic heterocycles. The quantitative estimate of drug-likeness (QED) is 0.850. The molecule has 0 aliphatic carbocycles. The molecule has 0 spiro atoms. The van der Waals surface area contributed by atoms with Crippen LogP contribution in [0.5, 0.6) is 5.75 Å². The smallest absolute Gasteiger partial charge is 0.131 e. The van der Waals surface area contributed by atoms with Crippen molar-refractivity contribution in [3.63, 3.8) is 0 Å². The van der Waals surface area contributed by atoms with Crippen molar-refractivity contribution < 1.29 is 9.13 Å². The Kier molecular flexibility index (Phi) is 5.59. The summed E-state index contributed by atoms with van der Waals surface area (Å²) in [6, 6.07) is 10.6. The highest BCUT2D eigenvalue weighted by Gasteiger charge is 2.07. The molecule has 0 bridgehead atoms. The van der Waals surface area contributed by atoms with Gasteiger partial charge in [0.05, 0.1) is 0 Å². The lowest BCUT2D eigenvalue weighted by Crippen LogP contribution is -2.13. The number of nitrogens with one attached hydrogen (secondary N) is 1. The van der Waals surface area contributed by atoms with Gasteiger partial charge in [-0.3, -0.25) is 0 Å². The Labute approximate surface area is 129 Å². The SMILES string of the molecule is CCNCc1cc(C)ccc1OCc1ccc(Cl)cc1F. The monoisotopic (exact) mass is 307 g/mol. The molecule has 0 fully saturated rings. The predicted molar refractivity (Wildman–Crippen MR) is 84.3 cm³/mol. The van der Waals surface area contributed by atoms with Gasteiger partial charge in [0, 0.05) is 22.7 Å². The highest BCUT2D eigenvalue weighted by Crippen LogP contribution is 2.22. The Morgan fingerprint density at radius 3 is 2.67 bits per heavy atom. The van der Waals surface area contributed by atoms with Gasteiger partial charge in [-0.05, 0) is 31.7 Å². The summed E-state index contributed by atoms with van der Waals surface area (Å²) in [5, 5.41) is 3.67. The molecule has 21 heavy (non-hydrogen) atoms. The van der Waals surface area contributed by atoms with Gasteiger partial charge in [0.1, 0.15) is 18.2 Å². The summed E-state index contributed by atoms with van der Waals surface area (Å²) in [6.45, 7) is 5.90. The van der Waals surface area contributed by atoms with Gasteiger partial charge in [-0.1, -0.05) is 42.3 Å². The topological polar surface area (TPSA) is 21.3 Å². The van der Waals surface area contributed by atoms with Crippen molar-refractivity contribution in [1.82, 2.24) is 5.32 Å². The Bertz CT molecular complexity index is 616. The summed E-state index contributed by atoms with van der Waals surface area (Å²) in [7, 11) is 0. The molecule has 2 nitrogen and oxygen atoms in total. The van der Waals surface area contributed by atoms with E-state index in [4.69, 9.17) is 16.3 Å². The van der Waals surface area contributed by atoms with Crippen LogP contribution in [0.2, 0.25) is 5.02 Å². The molecule has 0 saturated heterocycles. The van der Waals surface area contributed by atoms with Crippen LogP contribution in [0.1, 0.15) is 23.6 Å². The summed E-state index contributed by atoms with van der Waals surface area (Å²) in [6.07, 6.45) is 0. The van der Waals surface area contributed by atoms with Gasteiger partial charge in [0.15, 0.2) is 0 Å². The third-order valence-corrected chi connectivity index (χ3v) is 3.41. The van der Waals surface area contributed by atoms with Gasteiger partial charge in [0.25, 0.3) is 0 Å². The number of benzene rings is 2. The first-order valence-electron chi connectivity index (χ1n) is 6.97. The van der Waals surface area contributed by atoms with E-state index in [0.717, 1.165) is 24.4 Å². The average molecular weight is 308 g/mol. The second kappa shape index (κ2) is 7.43. The Balaban J connectivity index is 2.11. The number of ether oxygens (including phenoxy) is 1. The maximum Gasteiger partial charge on any atom is 0.131 e. The lowest BCUT2D eigenvalue weighted by atomic mass is 10.1. The van der Waals surface area contributed by atoms with Crippen molar-refractivity contribution in [3.05, 3.63) is 63.9 Å². The molecule has 0 radical (unpaired) electrons. The van der Waals surface area contributed by atoms with Gasteiger partial charge in [-0.15, -0.1) is 0 Å². The minimum Gasteiger partial charge on any atom is -0.488 e. The third-order valence-electron chi connectivity index (χ3n) is 3.18. The van der Waals surface area contributed by atoms with E-state index in [9.17, 15) is 4.39 Å². The van der Waals surface area contributed by atoms with Crippen molar-refractivity contribution in [3.8, 4) is 5.75 Å². The van der Waals surface area contributed by atoms with Crippen molar-refractivity contribution in [1.29, 1.82) is 0 Å². The summed E-state index contributed by atoms with van der Waals surface area (Å²) >= 11 is 5.74. The van der Waals surface area contributed by atoms with Crippen molar-refractivity contribution in [2.75, 3.05) is 6.54 Å². The number of rotatable bonds is 6. The summed E-state index contributed by atoms with van der Waals surface area (Å²) in [5.41, 5.74) is 2.74. The molecule has 0 amide bonds. The van der Waals surface area contributed by atoms with E-state index >= 15 is 0 Å². The Morgan fingerprint density at radius 1 is 1.14 bits per heavy atom. The van der Waals surface area contributed by atoms with Crippen LogP contribution in [-0.2, 0) is 13.2 Å². The first-order chi connectivity index (χ1) is 10.1. The van der Waals surface area contributed by atoms with Crippen LogP contribution in [0.25, 0.3) is 0 Å². The van der Waals surface area contributed by atoms with E-state index in [-0.39, 0.29) is 12.4 Å². The van der Waals surface area contributed by atoms with Gasteiger partial charge >= 0.3 is 0 Å². The largest absolute Gasteiger partial charge is 0.488 e. The zero-order valence-electron chi connectivity index (χ0n) is 12.2. The molecule has 112 valence electrons. The molecule has 1 N–H and O–H groups in total. The Morgan fingerprint density at radius 2 is 1.95 bits per heavy atom. The number of halogens is 2. The maximum atomic E-state index is 13.7. The lowest BCUT2D eigenvalue weighted by Gasteiger charge is -2.13. The first-order valence-corrected chi connectivity index (χ1v) is 7.35. The standard InChI is InChI=1S/C17H19ClFNO/c1-3-20-10-14-8-12(2)4-7-17(14)21-11-13-5-6-15(18)9-16(13)19/h4-9,20H,3,10-11H2,1-2H3. The van der Waals surface area contributed by atoms with Crippen molar-refractivity contribution in [2.45, 2.75) is 27.0 Å². The second-order valence-electron chi connectivity index (χ2n) is 4.92. The van der Waals surface area contributed by atoms with E-state index in [1.165, 1.54) is 11.6 Å². The fourth-order valence-corrected chi connectivity index (χ4v) is 2.20. The van der Waals surface area contributed by atoms with E-state index in [2.05, 4.69) is 18.3 Å². The van der Waals surface area contributed by atoms with E-state index in [1.807, 2.05) is 19.1 Å². The molecular formula is C17H19ClFNO. The molecule has 2 aromatic carbocycles. The zero-order chi connectivity index (χ0) is 15.2. The van der Waals surface area contributed by atoms with Crippen LogP contribution in [0.4, 0.5) is 4.39 Å². The number of hydrogen-bond acceptors (Lipinski definition) is 2. The average Bonchev–Trinajstić information content (AvgIpc) is 2.45. The lowest BCUT2D eigenvalue weighted by molar-refractivity contribution is 0.296. The molecule has 0 atom stereocenters. The van der Waals surface area contributed by atoms with Crippen molar-refractivity contribution >= 4 is 11.6 Å². The van der Waals surface area contributed by atoms with E-state index in [0.29, 0.717) is 10.6 Å². The maximum absolute atomic E-state index is 13.7. The van der Waals surface area contributed by atoms with E-state index in [1.54, 1.807) is 12.1 Å². The van der Waals surface area contributed by atoms with Gasteiger partial charge in [-0.2, -0.15) is 0 Å². The zero-order valence-corrected chi connectivity index (χ0v) is 13.0. The van der Waals surface area contributed by atoms with Gasteiger partial charge < -0.3 is 10.1 Å². The molecule has 0 saturated carbocycles. The first kappa shape index (κ1) is 15.8. The molecule has 0 aliphatic rings. The van der Waals surface area contributed by atoms with Crippen LogP contribution in [0.3, 0.4) is 0 Å².